The standard InChI is InChI=1S/C17H18ClN3O/c1-13-15(18)5-2-6-16(13)20-8-10-21(11-9-20)17(22)14-4-3-7-19-12-14/h2-7,12H,8-11H2,1H3. The fourth-order valence-corrected chi connectivity index (χ4v) is 2.93. The predicted molar refractivity (Wildman–Crippen MR) is 88.5 cm³/mol. The topological polar surface area (TPSA) is 36.4 Å². The predicted octanol–water partition coefficient (Wildman–Crippen LogP) is 3.01. The lowest BCUT2D eigenvalue weighted by molar-refractivity contribution is 0.0746. The van der Waals surface area contributed by atoms with Crippen molar-refractivity contribution in [2.75, 3.05) is 31.1 Å². The van der Waals surface area contributed by atoms with E-state index in [1.54, 1.807) is 18.5 Å². The van der Waals surface area contributed by atoms with Gasteiger partial charge >= 0.3 is 0 Å². The number of amides is 1. The number of aromatic nitrogens is 1. The molecule has 0 unspecified atom stereocenters. The number of piperazine rings is 1. The summed E-state index contributed by atoms with van der Waals surface area (Å²) < 4.78 is 0. The van der Waals surface area contributed by atoms with Crippen LogP contribution in [-0.4, -0.2) is 42.0 Å². The quantitative estimate of drug-likeness (QED) is 0.855. The lowest BCUT2D eigenvalue weighted by Crippen LogP contribution is -2.49. The fraction of sp³-hybridized carbons (Fsp3) is 0.294. The molecule has 0 radical (unpaired) electrons. The van der Waals surface area contributed by atoms with Crippen molar-refractivity contribution >= 4 is 23.2 Å². The van der Waals surface area contributed by atoms with Crippen LogP contribution in [0.1, 0.15) is 15.9 Å². The number of halogens is 1. The van der Waals surface area contributed by atoms with Crippen molar-refractivity contribution in [1.82, 2.24) is 9.88 Å². The Kier molecular flexibility index (Phi) is 4.29. The molecule has 1 aromatic carbocycles. The Bertz CT molecular complexity index is 667. The van der Waals surface area contributed by atoms with Gasteiger partial charge in [0.1, 0.15) is 0 Å². The molecule has 1 amide bonds. The van der Waals surface area contributed by atoms with Crippen LogP contribution < -0.4 is 4.90 Å². The molecule has 1 aliphatic rings. The van der Waals surface area contributed by atoms with Crippen molar-refractivity contribution in [3.05, 3.63) is 58.9 Å². The Labute approximate surface area is 135 Å². The van der Waals surface area contributed by atoms with Gasteiger partial charge in [-0.05, 0) is 36.8 Å². The first-order valence-corrected chi connectivity index (χ1v) is 7.74. The van der Waals surface area contributed by atoms with Gasteiger partial charge in [-0.15, -0.1) is 0 Å². The Morgan fingerprint density at radius 3 is 2.59 bits per heavy atom. The third-order valence-electron chi connectivity index (χ3n) is 4.06. The van der Waals surface area contributed by atoms with E-state index in [2.05, 4.69) is 16.0 Å². The summed E-state index contributed by atoms with van der Waals surface area (Å²) in [5.74, 6) is 0.0515. The number of rotatable bonds is 2. The number of carbonyl (C=O) groups excluding carboxylic acids is 1. The first kappa shape index (κ1) is 14.9. The zero-order valence-corrected chi connectivity index (χ0v) is 13.3. The molecule has 0 aliphatic carbocycles. The van der Waals surface area contributed by atoms with Gasteiger partial charge in [-0.3, -0.25) is 9.78 Å². The van der Waals surface area contributed by atoms with Crippen LogP contribution in [0.25, 0.3) is 0 Å². The first-order chi connectivity index (χ1) is 10.7. The molecule has 1 saturated heterocycles. The van der Waals surface area contributed by atoms with E-state index >= 15 is 0 Å². The van der Waals surface area contributed by atoms with Gasteiger partial charge in [0.05, 0.1) is 5.56 Å². The van der Waals surface area contributed by atoms with Crippen LogP contribution in [0.3, 0.4) is 0 Å². The zero-order valence-electron chi connectivity index (χ0n) is 12.5. The number of pyridine rings is 1. The molecule has 0 atom stereocenters. The van der Waals surface area contributed by atoms with E-state index in [0.717, 1.165) is 29.4 Å². The highest BCUT2D eigenvalue weighted by molar-refractivity contribution is 6.31. The molecule has 0 N–H and O–H groups in total. The molecule has 0 bridgehead atoms. The molecule has 5 heteroatoms. The number of hydrogen-bond donors (Lipinski definition) is 0. The normalized spacial score (nSPS) is 15.0. The average Bonchev–Trinajstić information content (AvgIpc) is 2.58. The Balaban J connectivity index is 1.68. The van der Waals surface area contributed by atoms with Crippen molar-refractivity contribution < 1.29 is 4.79 Å². The Morgan fingerprint density at radius 2 is 1.91 bits per heavy atom. The van der Waals surface area contributed by atoms with Gasteiger partial charge in [0.2, 0.25) is 0 Å². The minimum atomic E-state index is 0.0515. The molecule has 22 heavy (non-hydrogen) atoms. The molecule has 0 saturated carbocycles. The summed E-state index contributed by atoms with van der Waals surface area (Å²) in [6, 6.07) is 9.56. The molecule has 1 fully saturated rings. The van der Waals surface area contributed by atoms with Crippen LogP contribution in [-0.2, 0) is 0 Å². The number of nitrogens with zero attached hydrogens (tertiary/aromatic N) is 3. The lowest BCUT2D eigenvalue weighted by Gasteiger charge is -2.37. The first-order valence-electron chi connectivity index (χ1n) is 7.36. The van der Waals surface area contributed by atoms with Crippen molar-refractivity contribution in [1.29, 1.82) is 0 Å². The van der Waals surface area contributed by atoms with Gasteiger partial charge < -0.3 is 9.80 Å². The molecule has 1 aromatic heterocycles. The highest BCUT2D eigenvalue weighted by Gasteiger charge is 2.23. The second kappa shape index (κ2) is 6.36. The summed E-state index contributed by atoms with van der Waals surface area (Å²) in [4.78, 5) is 20.6. The molecule has 2 heterocycles. The smallest absolute Gasteiger partial charge is 0.255 e. The van der Waals surface area contributed by atoms with Gasteiger partial charge in [-0.2, -0.15) is 0 Å². The van der Waals surface area contributed by atoms with Crippen molar-refractivity contribution in [3.8, 4) is 0 Å². The van der Waals surface area contributed by atoms with E-state index in [4.69, 9.17) is 11.6 Å². The highest BCUT2D eigenvalue weighted by atomic mass is 35.5. The fourth-order valence-electron chi connectivity index (χ4n) is 2.76. The summed E-state index contributed by atoms with van der Waals surface area (Å²) in [5.41, 5.74) is 2.90. The summed E-state index contributed by atoms with van der Waals surface area (Å²) >= 11 is 6.19. The number of carbonyl (C=O) groups is 1. The van der Waals surface area contributed by atoms with Gasteiger partial charge in [0.25, 0.3) is 5.91 Å². The lowest BCUT2D eigenvalue weighted by atomic mass is 10.1. The molecule has 1 aliphatic heterocycles. The number of benzene rings is 1. The summed E-state index contributed by atoms with van der Waals surface area (Å²) in [6.45, 7) is 5.07. The molecular formula is C17H18ClN3O. The SMILES string of the molecule is Cc1c(Cl)cccc1N1CCN(C(=O)c2cccnc2)CC1. The van der Waals surface area contributed by atoms with Gasteiger partial charge in [0.15, 0.2) is 0 Å². The average molecular weight is 316 g/mol. The van der Waals surface area contributed by atoms with Crippen LogP contribution in [0.15, 0.2) is 42.7 Å². The zero-order chi connectivity index (χ0) is 15.5. The van der Waals surface area contributed by atoms with E-state index in [1.165, 1.54) is 0 Å². The largest absolute Gasteiger partial charge is 0.368 e. The second-order valence-electron chi connectivity index (χ2n) is 5.40. The van der Waals surface area contributed by atoms with Crippen LogP contribution in [0.2, 0.25) is 5.02 Å². The molecular weight excluding hydrogens is 298 g/mol. The third kappa shape index (κ3) is 2.92. The molecule has 114 valence electrons. The number of anilines is 1. The van der Waals surface area contributed by atoms with Crippen LogP contribution in [0, 0.1) is 6.92 Å². The van der Waals surface area contributed by atoms with E-state index in [9.17, 15) is 4.79 Å². The maximum atomic E-state index is 12.4. The third-order valence-corrected chi connectivity index (χ3v) is 4.46. The van der Waals surface area contributed by atoms with Crippen LogP contribution in [0.5, 0.6) is 0 Å². The maximum Gasteiger partial charge on any atom is 0.255 e. The molecule has 2 aromatic rings. The highest BCUT2D eigenvalue weighted by Crippen LogP contribution is 2.27. The molecule has 0 spiro atoms. The monoisotopic (exact) mass is 315 g/mol. The van der Waals surface area contributed by atoms with Crippen LogP contribution in [0.4, 0.5) is 5.69 Å². The van der Waals surface area contributed by atoms with E-state index < -0.39 is 0 Å². The van der Waals surface area contributed by atoms with Gasteiger partial charge in [0, 0.05) is 49.3 Å². The summed E-state index contributed by atoms with van der Waals surface area (Å²) in [7, 11) is 0. The second-order valence-corrected chi connectivity index (χ2v) is 5.81. The van der Waals surface area contributed by atoms with Gasteiger partial charge in [-0.25, -0.2) is 0 Å². The minimum absolute atomic E-state index is 0.0515. The van der Waals surface area contributed by atoms with Crippen molar-refractivity contribution in [2.24, 2.45) is 0 Å². The maximum absolute atomic E-state index is 12.4. The Morgan fingerprint density at radius 1 is 1.14 bits per heavy atom. The van der Waals surface area contributed by atoms with Crippen molar-refractivity contribution in [3.63, 3.8) is 0 Å². The summed E-state index contributed by atoms with van der Waals surface area (Å²) in [5, 5.41) is 0.784. The molecule has 3 rings (SSSR count). The molecule has 4 nitrogen and oxygen atoms in total. The minimum Gasteiger partial charge on any atom is -0.368 e. The van der Waals surface area contributed by atoms with Crippen molar-refractivity contribution in [2.45, 2.75) is 6.92 Å². The van der Waals surface area contributed by atoms with E-state index in [1.807, 2.05) is 30.0 Å². The summed E-state index contributed by atoms with van der Waals surface area (Å²) in [6.07, 6.45) is 3.30. The van der Waals surface area contributed by atoms with Gasteiger partial charge in [-0.1, -0.05) is 17.7 Å². The van der Waals surface area contributed by atoms with E-state index in [-0.39, 0.29) is 5.91 Å². The Hall–Kier alpha value is -2.07. The van der Waals surface area contributed by atoms with E-state index in [0.29, 0.717) is 18.7 Å². The van der Waals surface area contributed by atoms with Crippen LogP contribution >= 0.6 is 11.6 Å². The number of hydrogen-bond acceptors (Lipinski definition) is 3.